The number of aromatic amines is 1. The zero-order valence-electron chi connectivity index (χ0n) is 8.12. The average Bonchev–Trinajstić information content (AvgIpc) is 2.58. The molecular formula is C9H16N2O2. The van der Waals surface area contributed by atoms with Crippen LogP contribution in [0.15, 0.2) is 12.4 Å². The number of hydrogen-bond acceptors (Lipinski definition) is 3. The smallest absolute Gasteiger partial charge is 0.164 e. The average molecular weight is 184 g/mol. The number of nitrogens with one attached hydrogen (secondary N) is 1. The molecule has 0 spiro atoms. The van der Waals surface area contributed by atoms with Gasteiger partial charge in [0.05, 0.1) is 6.42 Å². The van der Waals surface area contributed by atoms with Crippen LogP contribution in [-0.2, 0) is 15.9 Å². The Bertz CT molecular complexity index is 205. The summed E-state index contributed by atoms with van der Waals surface area (Å²) in [7, 11) is 0. The van der Waals surface area contributed by atoms with Crippen LogP contribution < -0.4 is 0 Å². The summed E-state index contributed by atoms with van der Waals surface area (Å²) < 4.78 is 10.7. The van der Waals surface area contributed by atoms with Crippen LogP contribution in [0.4, 0.5) is 0 Å². The molecule has 0 saturated heterocycles. The molecule has 4 heteroatoms. The highest BCUT2D eigenvalue weighted by molar-refractivity contribution is 4.87. The fourth-order valence-corrected chi connectivity index (χ4v) is 1.11. The Morgan fingerprint density at radius 3 is 2.54 bits per heavy atom. The maximum atomic E-state index is 5.37. The van der Waals surface area contributed by atoms with Gasteiger partial charge in [0.15, 0.2) is 6.29 Å². The Morgan fingerprint density at radius 2 is 2.08 bits per heavy atom. The molecule has 0 aliphatic rings. The second-order valence-corrected chi connectivity index (χ2v) is 2.58. The number of ether oxygens (including phenoxy) is 2. The van der Waals surface area contributed by atoms with E-state index in [1.54, 1.807) is 12.4 Å². The molecule has 1 aromatic rings. The summed E-state index contributed by atoms with van der Waals surface area (Å²) in [6.07, 6.45) is 4.02. The molecule has 1 N–H and O–H groups in total. The molecule has 0 aliphatic carbocycles. The number of rotatable bonds is 6. The predicted octanol–water partition coefficient (Wildman–Crippen LogP) is 1.35. The summed E-state index contributed by atoms with van der Waals surface area (Å²) in [5, 5.41) is 0. The molecule has 0 saturated carbocycles. The van der Waals surface area contributed by atoms with E-state index in [0.29, 0.717) is 19.6 Å². The topological polar surface area (TPSA) is 47.1 Å². The van der Waals surface area contributed by atoms with Gasteiger partial charge in [-0.2, -0.15) is 0 Å². The monoisotopic (exact) mass is 184 g/mol. The van der Waals surface area contributed by atoms with Crippen LogP contribution in [0.2, 0.25) is 0 Å². The first-order chi connectivity index (χ1) is 6.36. The molecule has 1 rings (SSSR count). The maximum Gasteiger partial charge on any atom is 0.164 e. The SMILES string of the molecule is CCOC(Cc1ncc[nH]1)OCC. The molecule has 0 bridgehead atoms. The highest BCUT2D eigenvalue weighted by atomic mass is 16.7. The second-order valence-electron chi connectivity index (χ2n) is 2.58. The molecule has 13 heavy (non-hydrogen) atoms. The third kappa shape index (κ3) is 3.57. The van der Waals surface area contributed by atoms with Crippen LogP contribution in [0.25, 0.3) is 0 Å². The van der Waals surface area contributed by atoms with Crippen molar-refractivity contribution in [3.63, 3.8) is 0 Å². The van der Waals surface area contributed by atoms with E-state index in [9.17, 15) is 0 Å². The Balaban J connectivity index is 2.37. The Kier molecular flexibility index (Phi) is 4.49. The summed E-state index contributed by atoms with van der Waals surface area (Å²) >= 11 is 0. The van der Waals surface area contributed by atoms with Gasteiger partial charge in [0, 0.05) is 25.6 Å². The van der Waals surface area contributed by atoms with Gasteiger partial charge in [-0.15, -0.1) is 0 Å². The van der Waals surface area contributed by atoms with E-state index in [2.05, 4.69) is 9.97 Å². The Hall–Kier alpha value is -0.870. The summed E-state index contributed by atoms with van der Waals surface area (Å²) in [5.74, 6) is 0.895. The van der Waals surface area contributed by atoms with Crippen molar-refractivity contribution in [1.82, 2.24) is 9.97 Å². The largest absolute Gasteiger partial charge is 0.352 e. The van der Waals surface area contributed by atoms with E-state index >= 15 is 0 Å². The van der Waals surface area contributed by atoms with Crippen molar-refractivity contribution in [3.05, 3.63) is 18.2 Å². The van der Waals surface area contributed by atoms with Gasteiger partial charge < -0.3 is 14.5 Å². The van der Waals surface area contributed by atoms with Crippen molar-refractivity contribution >= 4 is 0 Å². The molecule has 4 nitrogen and oxygen atoms in total. The van der Waals surface area contributed by atoms with Crippen molar-refractivity contribution in [2.45, 2.75) is 26.6 Å². The first-order valence-electron chi connectivity index (χ1n) is 4.58. The van der Waals surface area contributed by atoms with Crippen molar-refractivity contribution in [2.75, 3.05) is 13.2 Å². The van der Waals surface area contributed by atoms with Crippen LogP contribution in [0.1, 0.15) is 19.7 Å². The Morgan fingerprint density at radius 1 is 1.38 bits per heavy atom. The minimum absolute atomic E-state index is 0.179. The van der Waals surface area contributed by atoms with E-state index in [1.165, 1.54) is 0 Å². The molecule has 74 valence electrons. The summed E-state index contributed by atoms with van der Waals surface area (Å²) in [6, 6.07) is 0. The summed E-state index contributed by atoms with van der Waals surface area (Å²) in [6.45, 7) is 5.22. The lowest BCUT2D eigenvalue weighted by Crippen LogP contribution is -2.20. The van der Waals surface area contributed by atoms with Gasteiger partial charge in [-0.25, -0.2) is 4.98 Å². The third-order valence-electron chi connectivity index (χ3n) is 1.62. The van der Waals surface area contributed by atoms with Crippen LogP contribution in [-0.4, -0.2) is 29.5 Å². The summed E-state index contributed by atoms with van der Waals surface area (Å²) in [5.41, 5.74) is 0. The molecular weight excluding hydrogens is 168 g/mol. The van der Waals surface area contributed by atoms with E-state index in [0.717, 1.165) is 5.82 Å². The number of aromatic nitrogens is 2. The van der Waals surface area contributed by atoms with Crippen molar-refractivity contribution in [2.24, 2.45) is 0 Å². The fourth-order valence-electron chi connectivity index (χ4n) is 1.11. The maximum absolute atomic E-state index is 5.37. The molecule has 0 aliphatic heterocycles. The van der Waals surface area contributed by atoms with Crippen LogP contribution in [0.3, 0.4) is 0 Å². The lowest BCUT2D eigenvalue weighted by atomic mass is 10.4. The van der Waals surface area contributed by atoms with Crippen molar-refractivity contribution in [3.8, 4) is 0 Å². The lowest BCUT2D eigenvalue weighted by Gasteiger charge is -2.15. The predicted molar refractivity (Wildman–Crippen MR) is 49.3 cm³/mol. The van der Waals surface area contributed by atoms with Crippen LogP contribution >= 0.6 is 0 Å². The molecule has 1 aromatic heterocycles. The zero-order chi connectivity index (χ0) is 9.52. The molecule has 1 heterocycles. The van der Waals surface area contributed by atoms with Gasteiger partial charge in [-0.1, -0.05) is 0 Å². The van der Waals surface area contributed by atoms with E-state index in [1.807, 2.05) is 13.8 Å². The van der Waals surface area contributed by atoms with Crippen LogP contribution in [0.5, 0.6) is 0 Å². The first-order valence-corrected chi connectivity index (χ1v) is 4.58. The van der Waals surface area contributed by atoms with E-state index in [-0.39, 0.29) is 6.29 Å². The zero-order valence-corrected chi connectivity index (χ0v) is 8.12. The van der Waals surface area contributed by atoms with Gasteiger partial charge in [0.1, 0.15) is 5.82 Å². The molecule has 0 amide bonds. The van der Waals surface area contributed by atoms with E-state index in [4.69, 9.17) is 9.47 Å². The molecule has 0 radical (unpaired) electrons. The third-order valence-corrected chi connectivity index (χ3v) is 1.62. The highest BCUT2D eigenvalue weighted by Crippen LogP contribution is 2.02. The lowest BCUT2D eigenvalue weighted by molar-refractivity contribution is -0.135. The molecule has 0 atom stereocenters. The fraction of sp³-hybridized carbons (Fsp3) is 0.667. The van der Waals surface area contributed by atoms with E-state index < -0.39 is 0 Å². The van der Waals surface area contributed by atoms with Gasteiger partial charge in [0.25, 0.3) is 0 Å². The van der Waals surface area contributed by atoms with Crippen molar-refractivity contribution < 1.29 is 9.47 Å². The second kappa shape index (κ2) is 5.72. The van der Waals surface area contributed by atoms with Crippen molar-refractivity contribution in [1.29, 1.82) is 0 Å². The molecule has 0 aromatic carbocycles. The minimum Gasteiger partial charge on any atom is -0.352 e. The number of imidazole rings is 1. The first kappa shape index (κ1) is 10.2. The number of nitrogens with zero attached hydrogens (tertiary/aromatic N) is 1. The summed E-state index contributed by atoms with van der Waals surface area (Å²) in [4.78, 5) is 7.12. The molecule has 0 unspecified atom stereocenters. The van der Waals surface area contributed by atoms with Gasteiger partial charge in [-0.3, -0.25) is 0 Å². The Labute approximate surface area is 78.3 Å². The van der Waals surface area contributed by atoms with Gasteiger partial charge >= 0.3 is 0 Å². The molecule has 0 fully saturated rings. The standard InChI is InChI=1S/C9H16N2O2/c1-3-12-9(13-4-2)7-8-10-5-6-11-8/h5-6,9H,3-4,7H2,1-2H3,(H,10,11). The highest BCUT2D eigenvalue weighted by Gasteiger charge is 2.09. The normalized spacial score (nSPS) is 11.0. The quantitative estimate of drug-likeness (QED) is 0.679. The number of hydrogen-bond donors (Lipinski definition) is 1. The minimum atomic E-state index is -0.179. The van der Waals surface area contributed by atoms with Gasteiger partial charge in [-0.05, 0) is 13.8 Å². The van der Waals surface area contributed by atoms with Gasteiger partial charge in [0.2, 0.25) is 0 Å². The van der Waals surface area contributed by atoms with Crippen LogP contribution in [0, 0.1) is 0 Å². The number of H-pyrrole nitrogens is 1.